The third-order valence-electron chi connectivity index (χ3n) is 1.56. The molecule has 0 heterocycles. The number of nitrogens with two attached hydrogens (primary N) is 1. The molecule has 0 saturated carbocycles. The third kappa shape index (κ3) is 2.48. The molecule has 1 aromatic rings. The van der Waals surface area contributed by atoms with Crippen LogP contribution in [0.5, 0.6) is 5.75 Å². The van der Waals surface area contributed by atoms with Crippen molar-refractivity contribution in [3.63, 3.8) is 0 Å². The van der Waals surface area contributed by atoms with E-state index >= 15 is 0 Å². The van der Waals surface area contributed by atoms with Gasteiger partial charge in [-0.2, -0.15) is 0 Å². The summed E-state index contributed by atoms with van der Waals surface area (Å²) in [6.45, 7) is 2.33. The van der Waals surface area contributed by atoms with Crippen LogP contribution in [-0.2, 0) is 0 Å². The van der Waals surface area contributed by atoms with Gasteiger partial charge >= 0.3 is 0 Å². The molecule has 5 heteroatoms. The molecule has 1 aromatic carbocycles. The zero-order chi connectivity index (χ0) is 10.7. The summed E-state index contributed by atoms with van der Waals surface area (Å²) in [6, 6.07) is 3.44. The van der Waals surface area contributed by atoms with Crippen molar-refractivity contribution < 1.29 is 9.53 Å². The van der Waals surface area contributed by atoms with Gasteiger partial charge in [-0.1, -0.05) is 15.9 Å². The number of benzene rings is 1. The van der Waals surface area contributed by atoms with Gasteiger partial charge in [0.05, 0.1) is 16.6 Å². The van der Waals surface area contributed by atoms with E-state index < -0.39 is 5.91 Å². The molecule has 1 rings (SSSR count). The topological polar surface area (TPSA) is 52.3 Å². The maximum absolute atomic E-state index is 11.1. The van der Waals surface area contributed by atoms with Crippen LogP contribution in [0.2, 0.25) is 0 Å². The minimum Gasteiger partial charge on any atom is -0.492 e. The largest absolute Gasteiger partial charge is 0.492 e. The van der Waals surface area contributed by atoms with Gasteiger partial charge in [0.15, 0.2) is 0 Å². The molecule has 0 unspecified atom stereocenters. The van der Waals surface area contributed by atoms with Crippen molar-refractivity contribution >= 4 is 37.8 Å². The molecule has 2 N–H and O–H groups in total. The number of ether oxygens (including phenoxy) is 1. The van der Waals surface area contributed by atoms with Crippen LogP contribution in [0.15, 0.2) is 21.1 Å². The van der Waals surface area contributed by atoms with E-state index in [1.807, 2.05) is 6.92 Å². The molecule has 0 radical (unpaired) electrons. The van der Waals surface area contributed by atoms with E-state index in [0.717, 1.165) is 4.47 Å². The second kappa shape index (κ2) is 4.79. The van der Waals surface area contributed by atoms with E-state index in [4.69, 9.17) is 10.5 Å². The third-order valence-corrected chi connectivity index (χ3v) is 2.61. The minimum atomic E-state index is -0.504. The number of hydrogen-bond donors (Lipinski definition) is 1. The standard InChI is InChI=1S/C9H9Br2NO2/c1-2-14-8-6(9(12)13)3-5(10)4-7(8)11/h3-4H,2H2,1H3,(H2,12,13). The Morgan fingerprint density at radius 3 is 2.64 bits per heavy atom. The highest BCUT2D eigenvalue weighted by Gasteiger charge is 2.13. The Morgan fingerprint density at radius 1 is 1.50 bits per heavy atom. The zero-order valence-corrected chi connectivity index (χ0v) is 10.7. The first-order valence-corrected chi connectivity index (χ1v) is 5.56. The van der Waals surface area contributed by atoms with E-state index in [1.54, 1.807) is 12.1 Å². The van der Waals surface area contributed by atoms with Gasteiger partial charge in [-0.15, -0.1) is 0 Å². The van der Waals surface area contributed by atoms with Crippen molar-refractivity contribution in [3.8, 4) is 5.75 Å². The Bertz CT molecular complexity index is 366. The molecule has 0 aliphatic rings. The summed E-state index contributed by atoms with van der Waals surface area (Å²) in [5, 5.41) is 0. The minimum absolute atomic E-state index is 0.369. The summed E-state index contributed by atoms with van der Waals surface area (Å²) >= 11 is 6.58. The van der Waals surface area contributed by atoms with Crippen LogP contribution in [0, 0.1) is 0 Å². The maximum Gasteiger partial charge on any atom is 0.252 e. The number of carbonyl (C=O) groups is 1. The fourth-order valence-corrected chi connectivity index (χ4v) is 2.37. The van der Waals surface area contributed by atoms with E-state index in [1.165, 1.54) is 0 Å². The van der Waals surface area contributed by atoms with Crippen molar-refractivity contribution in [1.82, 2.24) is 0 Å². The number of primary amides is 1. The number of amides is 1. The lowest BCUT2D eigenvalue weighted by atomic mass is 10.2. The maximum atomic E-state index is 11.1. The molecule has 3 nitrogen and oxygen atoms in total. The monoisotopic (exact) mass is 321 g/mol. The average Bonchev–Trinajstić information content (AvgIpc) is 2.09. The van der Waals surface area contributed by atoms with E-state index in [2.05, 4.69) is 31.9 Å². The van der Waals surface area contributed by atoms with Gasteiger partial charge in [-0.05, 0) is 35.0 Å². The fourth-order valence-electron chi connectivity index (χ4n) is 1.03. The number of hydrogen-bond acceptors (Lipinski definition) is 2. The predicted molar refractivity (Wildman–Crippen MR) is 61.5 cm³/mol. The number of carbonyl (C=O) groups excluding carboxylic acids is 1. The average molecular weight is 323 g/mol. The quantitative estimate of drug-likeness (QED) is 0.930. The van der Waals surface area contributed by atoms with Gasteiger partial charge in [0.25, 0.3) is 5.91 Å². The van der Waals surface area contributed by atoms with Crippen LogP contribution in [0.3, 0.4) is 0 Å². The van der Waals surface area contributed by atoms with Gasteiger partial charge in [0.2, 0.25) is 0 Å². The SMILES string of the molecule is CCOc1c(Br)cc(Br)cc1C(N)=O. The van der Waals surface area contributed by atoms with E-state index in [-0.39, 0.29) is 0 Å². The van der Waals surface area contributed by atoms with Crippen molar-refractivity contribution in [2.45, 2.75) is 6.92 Å². The van der Waals surface area contributed by atoms with Crippen molar-refractivity contribution in [1.29, 1.82) is 0 Å². The summed E-state index contributed by atoms with van der Waals surface area (Å²) in [7, 11) is 0. The van der Waals surface area contributed by atoms with Crippen LogP contribution in [0.1, 0.15) is 17.3 Å². The Hall–Kier alpha value is -0.550. The molecular weight excluding hydrogens is 314 g/mol. The Morgan fingerprint density at radius 2 is 2.14 bits per heavy atom. The summed E-state index contributed by atoms with van der Waals surface area (Å²) in [5.41, 5.74) is 5.59. The number of halogens is 2. The predicted octanol–water partition coefficient (Wildman–Crippen LogP) is 2.71. The smallest absolute Gasteiger partial charge is 0.252 e. The molecule has 0 aliphatic carbocycles. The van der Waals surface area contributed by atoms with Gasteiger partial charge in [-0.25, -0.2) is 0 Å². The van der Waals surface area contributed by atoms with Crippen LogP contribution >= 0.6 is 31.9 Å². The molecule has 0 bridgehead atoms. The van der Waals surface area contributed by atoms with Crippen LogP contribution in [0.25, 0.3) is 0 Å². The molecule has 0 spiro atoms. The highest BCUT2D eigenvalue weighted by Crippen LogP contribution is 2.32. The number of rotatable bonds is 3. The summed E-state index contributed by atoms with van der Waals surface area (Å²) in [6.07, 6.45) is 0. The van der Waals surface area contributed by atoms with E-state index in [9.17, 15) is 4.79 Å². The van der Waals surface area contributed by atoms with Crippen molar-refractivity contribution in [3.05, 3.63) is 26.6 Å². The first-order chi connectivity index (χ1) is 6.56. The Labute approximate surface area is 98.9 Å². The van der Waals surface area contributed by atoms with Gasteiger partial charge in [0, 0.05) is 4.47 Å². The van der Waals surface area contributed by atoms with Crippen molar-refractivity contribution in [2.75, 3.05) is 6.61 Å². The molecule has 14 heavy (non-hydrogen) atoms. The fraction of sp³-hybridized carbons (Fsp3) is 0.222. The second-order valence-electron chi connectivity index (χ2n) is 2.56. The lowest BCUT2D eigenvalue weighted by Gasteiger charge is -2.10. The summed E-state index contributed by atoms with van der Waals surface area (Å²) in [4.78, 5) is 11.1. The van der Waals surface area contributed by atoms with Gasteiger partial charge in [0.1, 0.15) is 5.75 Å². The molecule has 0 aliphatic heterocycles. The Kier molecular flexibility index (Phi) is 3.95. The molecule has 0 fully saturated rings. The van der Waals surface area contributed by atoms with Crippen molar-refractivity contribution in [2.24, 2.45) is 5.73 Å². The molecule has 0 atom stereocenters. The molecule has 0 aromatic heterocycles. The normalized spacial score (nSPS) is 9.93. The second-order valence-corrected chi connectivity index (χ2v) is 4.33. The Balaban J connectivity index is 3.28. The molecule has 1 amide bonds. The summed E-state index contributed by atoms with van der Waals surface area (Å²) in [5.74, 6) is -0.0151. The van der Waals surface area contributed by atoms with Gasteiger partial charge < -0.3 is 10.5 Å². The first kappa shape index (κ1) is 11.5. The first-order valence-electron chi connectivity index (χ1n) is 3.98. The molecule has 0 saturated heterocycles. The highest BCUT2D eigenvalue weighted by molar-refractivity contribution is 9.11. The zero-order valence-electron chi connectivity index (χ0n) is 7.51. The van der Waals surface area contributed by atoms with Gasteiger partial charge in [-0.3, -0.25) is 4.79 Å². The molecule has 76 valence electrons. The van der Waals surface area contributed by atoms with Crippen LogP contribution in [0.4, 0.5) is 0 Å². The lowest BCUT2D eigenvalue weighted by Crippen LogP contribution is -2.13. The highest BCUT2D eigenvalue weighted by atomic mass is 79.9. The summed E-state index contributed by atoms with van der Waals surface area (Å²) < 4.78 is 6.81. The van der Waals surface area contributed by atoms with E-state index in [0.29, 0.717) is 22.4 Å². The lowest BCUT2D eigenvalue weighted by molar-refractivity contribution is 0.0996. The molecular formula is C9H9Br2NO2. The van der Waals surface area contributed by atoms with Crippen LogP contribution in [-0.4, -0.2) is 12.5 Å². The van der Waals surface area contributed by atoms with Crippen LogP contribution < -0.4 is 10.5 Å².